The van der Waals surface area contributed by atoms with Crippen LogP contribution in [0.3, 0.4) is 0 Å². The number of hydrogen-bond acceptors (Lipinski definition) is 4. The maximum absolute atomic E-state index is 12.0. The average molecular weight is 409 g/mol. The second-order valence-corrected chi connectivity index (χ2v) is 8.53. The Morgan fingerprint density at radius 2 is 1.58 bits per heavy atom. The number of likely N-dealkylation sites (tertiary alicyclic amines) is 1. The Labute approximate surface area is 181 Å². The third kappa shape index (κ3) is 3.17. The van der Waals surface area contributed by atoms with Crippen LogP contribution in [0.25, 0.3) is 16.8 Å². The van der Waals surface area contributed by atoms with Gasteiger partial charge in [-0.3, -0.25) is 4.79 Å². The number of nitrogens with zero attached hydrogens (tertiary/aromatic N) is 4. The first kappa shape index (κ1) is 18.2. The Bertz CT molecular complexity index is 1220. The molecule has 0 N–H and O–H groups in total. The van der Waals surface area contributed by atoms with Crippen molar-refractivity contribution in [2.45, 2.75) is 12.5 Å². The molecule has 2 saturated heterocycles. The van der Waals surface area contributed by atoms with Gasteiger partial charge in [0.15, 0.2) is 0 Å². The molecule has 0 bridgehead atoms. The van der Waals surface area contributed by atoms with Gasteiger partial charge in [-0.05, 0) is 60.0 Å². The quantitative estimate of drug-likeness (QED) is 0.657. The van der Waals surface area contributed by atoms with Crippen molar-refractivity contribution in [3.63, 3.8) is 0 Å². The minimum absolute atomic E-state index is 0.126. The molecule has 2 aromatic carbocycles. The molecular weight excluding hydrogens is 384 g/mol. The van der Waals surface area contributed by atoms with E-state index in [-0.39, 0.29) is 5.56 Å². The van der Waals surface area contributed by atoms with E-state index in [1.165, 1.54) is 40.7 Å². The summed E-state index contributed by atoms with van der Waals surface area (Å²) in [4.78, 5) is 17.1. The highest BCUT2D eigenvalue weighted by molar-refractivity contribution is 5.67. The summed E-state index contributed by atoms with van der Waals surface area (Å²) >= 11 is 0. The van der Waals surface area contributed by atoms with Crippen LogP contribution >= 0.6 is 0 Å². The van der Waals surface area contributed by atoms with Crippen LogP contribution in [0, 0.1) is 5.92 Å². The van der Waals surface area contributed by atoms with Gasteiger partial charge in [0.05, 0.1) is 11.7 Å². The lowest BCUT2D eigenvalue weighted by Crippen LogP contribution is -2.35. The van der Waals surface area contributed by atoms with E-state index in [1.54, 1.807) is 12.3 Å². The zero-order valence-corrected chi connectivity index (χ0v) is 17.3. The third-order valence-electron chi connectivity index (χ3n) is 6.81. The van der Waals surface area contributed by atoms with E-state index < -0.39 is 0 Å². The van der Waals surface area contributed by atoms with E-state index in [1.807, 2.05) is 24.3 Å². The number of aromatic nitrogens is 2. The predicted octanol–water partition coefficient (Wildman–Crippen LogP) is 3.86. The molecule has 5 nitrogen and oxygen atoms in total. The molecule has 0 unspecified atom stereocenters. The number of anilines is 1. The SMILES string of the molecule is O=c1cccnn1-c1ccc(-c2ccc(N3CC[C@@H]4CN(C5=CC=C5)C[C@@H]43)cc2)cc1. The molecule has 5 heteroatoms. The van der Waals surface area contributed by atoms with Gasteiger partial charge >= 0.3 is 0 Å². The Kier molecular flexibility index (Phi) is 4.27. The molecule has 154 valence electrons. The molecule has 3 heterocycles. The Morgan fingerprint density at radius 1 is 0.871 bits per heavy atom. The summed E-state index contributed by atoms with van der Waals surface area (Å²) < 4.78 is 1.41. The van der Waals surface area contributed by atoms with Crippen LogP contribution < -0.4 is 10.5 Å². The summed E-state index contributed by atoms with van der Waals surface area (Å²) in [6, 6.07) is 20.7. The molecule has 1 aromatic heterocycles. The van der Waals surface area contributed by atoms with E-state index in [4.69, 9.17) is 0 Å². The molecule has 0 spiro atoms. The van der Waals surface area contributed by atoms with Crippen molar-refractivity contribution >= 4 is 5.69 Å². The number of allylic oxidation sites excluding steroid dienone is 3. The van der Waals surface area contributed by atoms with E-state index in [9.17, 15) is 4.79 Å². The molecule has 2 aliphatic heterocycles. The summed E-state index contributed by atoms with van der Waals surface area (Å²) in [5.74, 6) is 0.761. The fourth-order valence-corrected chi connectivity index (χ4v) is 5.08. The highest BCUT2D eigenvalue weighted by atomic mass is 16.1. The molecule has 1 aliphatic carbocycles. The topological polar surface area (TPSA) is 41.4 Å². The normalized spacial score (nSPS) is 21.7. The van der Waals surface area contributed by atoms with Crippen LogP contribution in [-0.4, -0.2) is 40.4 Å². The predicted molar refractivity (Wildman–Crippen MR) is 123 cm³/mol. The largest absolute Gasteiger partial charge is 0.369 e. The molecule has 3 aromatic rings. The summed E-state index contributed by atoms with van der Waals surface area (Å²) in [6.45, 7) is 3.45. The monoisotopic (exact) mass is 408 g/mol. The van der Waals surface area contributed by atoms with Gasteiger partial charge in [-0.25, -0.2) is 0 Å². The Hall–Kier alpha value is -3.60. The zero-order chi connectivity index (χ0) is 20.8. The van der Waals surface area contributed by atoms with Crippen LogP contribution in [0.5, 0.6) is 0 Å². The first-order chi connectivity index (χ1) is 15.3. The van der Waals surface area contributed by atoms with Crippen molar-refractivity contribution in [2.24, 2.45) is 5.92 Å². The Balaban J connectivity index is 1.19. The van der Waals surface area contributed by atoms with Gasteiger partial charge in [-0.2, -0.15) is 9.78 Å². The molecular formula is C26H24N4O. The first-order valence-electron chi connectivity index (χ1n) is 10.9. The van der Waals surface area contributed by atoms with Gasteiger partial charge < -0.3 is 9.80 Å². The lowest BCUT2D eigenvalue weighted by Gasteiger charge is -2.29. The van der Waals surface area contributed by atoms with Crippen molar-refractivity contribution in [3.05, 3.63) is 101 Å². The fraction of sp³-hybridized carbons (Fsp3) is 0.231. The van der Waals surface area contributed by atoms with E-state index in [0.29, 0.717) is 6.04 Å². The second kappa shape index (κ2) is 7.27. The molecule has 2 fully saturated rings. The van der Waals surface area contributed by atoms with Crippen LogP contribution in [0.4, 0.5) is 5.69 Å². The molecule has 31 heavy (non-hydrogen) atoms. The first-order valence-corrected chi connectivity index (χ1v) is 10.9. The van der Waals surface area contributed by atoms with Gasteiger partial charge in [-0.1, -0.05) is 30.3 Å². The molecule has 0 saturated carbocycles. The maximum Gasteiger partial charge on any atom is 0.271 e. The lowest BCUT2D eigenvalue weighted by molar-refractivity contribution is 0.404. The third-order valence-corrected chi connectivity index (χ3v) is 6.81. The summed E-state index contributed by atoms with van der Waals surface area (Å²) in [5, 5.41) is 4.15. The minimum atomic E-state index is -0.126. The summed E-state index contributed by atoms with van der Waals surface area (Å²) in [5.41, 5.74) is 5.66. The van der Waals surface area contributed by atoms with Gasteiger partial charge in [0.2, 0.25) is 0 Å². The number of benzene rings is 2. The van der Waals surface area contributed by atoms with Gasteiger partial charge in [0.1, 0.15) is 0 Å². The minimum Gasteiger partial charge on any atom is -0.369 e. The van der Waals surface area contributed by atoms with Crippen molar-refractivity contribution < 1.29 is 0 Å². The van der Waals surface area contributed by atoms with Crippen molar-refractivity contribution in [3.8, 4) is 16.8 Å². The van der Waals surface area contributed by atoms with Gasteiger partial charge in [0.25, 0.3) is 5.56 Å². The molecule has 2 atom stereocenters. The second-order valence-electron chi connectivity index (χ2n) is 8.53. The average Bonchev–Trinajstić information content (AvgIpc) is 3.34. The van der Waals surface area contributed by atoms with E-state index in [2.05, 4.69) is 57.4 Å². The molecule has 0 amide bonds. The number of rotatable bonds is 4. The van der Waals surface area contributed by atoms with Gasteiger partial charge in [-0.15, -0.1) is 0 Å². The van der Waals surface area contributed by atoms with E-state index >= 15 is 0 Å². The molecule has 0 radical (unpaired) electrons. The van der Waals surface area contributed by atoms with Gasteiger partial charge in [0, 0.05) is 49.2 Å². The standard InChI is InChI=1S/C26H24N4O/c31-26-5-2-15-27-30(26)24-12-8-20(9-13-24)19-6-10-23(11-7-19)29-16-14-21-17-28(18-25(21)29)22-3-1-4-22/h1-13,15,21,25H,14,16-18H2/t21-,25+/m1/s1. The van der Waals surface area contributed by atoms with Crippen molar-refractivity contribution in [2.75, 3.05) is 24.5 Å². The van der Waals surface area contributed by atoms with Crippen LogP contribution in [0.1, 0.15) is 6.42 Å². The molecule has 6 rings (SSSR count). The number of fused-ring (bicyclic) bond motifs is 1. The van der Waals surface area contributed by atoms with E-state index in [0.717, 1.165) is 30.3 Å². The zero-order valence-electron chi connectivity index (χ0n) is 17.3. The highest BCUT2D eigenvalue weighted by Gasteiger charge is 2.41. The van der Waals surface area contributed by atoms with Crippen LogP contribution in [0.2, 0.25) is 0 Å². The lowest BCUT2D eigenvalue weighted by atomic mass is 10.0. The summed E-state index contributed by atoms with van der Waals surface area (Å²) in [7, 11) is 0. The maximum atomic E-state index is 12.0. The summed E-state index contributed by atoms with van der Waals surface area (Å²) in [6.07, 6.45) is 9.46. The Morgan fingerprint density at radius 3 is 2.23 bits per heavy atom. The smallest absolute Gasteiger partial charge is 0.271 e. The highest BCUT2D eigenvalue weighted by Crippen LogP contribution is 2.37. The fourth-order valence-electron chi connectivity index (χ4n) is 5.08. The van der Waals surface area contributed by atoms with Crippen molar-refractivity contribution in [1.29, 1.82) is 0 Å². The number of hydrogen-bond donors (Lipinski definition) is 0. The van der Waals surface area contributed by atoms with Crippen LogP contribution in [0.15, 0.2) is 95.6 Å². The van der Waals surface area contributed by atoms with Crippen LogP contribution in [-0.2, 0) is 0 Å². The molecule has 3 aliphatic rings. The van der Waals surface area contributed by atoms with Crippen molar-refractivity contribution in [1.82, 2.24) is 14.7 Å².